The van der Waals surface area contributed by atoms with E-state index in [0.717, 1.165) is 11.3 Å². The van der Waals surface area contributed by atoms with Crippen molar-refractivity contribution in [1.82, 2.24) is 15.5 Å². The van der Waals surface area contributed by atoms with Crippen molar-refractivity contribution in [3.63, 3.8) is 0 Å². The van der Waals surface area contributed by atoms with E-state index >= 15 is 0 Å². The fourth-order valence-electron chi connectivity index (χ4n) is 1.81. The number of hydrogen-bond acceptors (Lipinski definition) is 4. The third-order valence-electron chi connectivity index (χ3n) is 2.82. The molecule has 1 N–H and O–H groups in total. The number of aromatic nitrogens is 2. The molecule has 0 aliphatic carbocycles. The Morgan fingerprint density at radius 1 is 1.25 bits per heavy atom. The molecule has 0 bridgehead atoms. The minimum atomic E-state index is -0.312. The Hall–Kier alpha value is -2.14. The molecule has 1 atom stereocenters. The number of ether oxygens (including phenoxy) is 1. The quantitative estimate of drug-likeness (QED) is 0.940. The molecule has 1 unspecified atom stereocenters. The van der Waals surface area contributed by atoms with Crippen LogP contribution in [0.2, 0.25) is 5.15 Å². The third-order valence-corrected chi connectivity index (χ3v) is 3.02. The lowest BCUT2D eigenvalue weighted by Crippen LogP contribution is -2.27. The molecule has 0 saturated heterocycles. The van der Waals surface area contributed by atoms with Gasteiger partial charge in [-0.25, -0.2) is 0 Å². The van der Waals surface area contributed by atoms with E-state index in [2.05, 4.69) is 15.5 Å². The van der Waals surface area contributed by atoms with Gasteiger partial charge in [-0.15, -0.1) is 10.2 Å². The predicted octanol–water partition coefficient (Wildman–Crippen LogP) is 2.63. The SMILES string of the molecule is COc1ccccc1C(C)NC(=O)c1ccc(Cl)nn1. The summed E-state index contributed by atoms with van der Waals surface area (Å²) < 4.78 is 5.27. The number of amides is 1. The molecule has 1 amide bonds. The Kier molecular flexibility index (Phi) is 4.53. The van der Waals surface area contributed by atoms with Gasteiger partial charge in [0, 0.05) is 5.56 Å². The summed E-state index contributed by atoms with van der Waals surface area (Å²) in [5, 5.41) is 10.5. The number of methoxy groups -OCH3 is 1. The molecule has 0 aliphatic rings. The van der Waals surface area contributed by atoms with E-state index in [-0.39, 0.29) is 22.8 Å². The number of halogens is 1. The number of carbonyl (C=O) groups excluding carboxylic acids is 1. The number of benzene rings is 1. The van der Waals surface area contributed by atoms with E-state index < -0.39 is 0 Å². The maximum atomic E-state index is 12.0. The monoisotopic (exact) mass is 291 g/mol. The van der Waals surface area contributed by atoms with Crippen LogP contribution in [-0.4, -0.2) is 23.2 Å². The highest BCUT2D eigenvalue weighted by atomic mass is 35.5. The van der Waals surface area contributed by atoms with Gasteiger partial charge in [0.1, 0.15) is 5.75 Å². The Bertz CT molecular complexity index is 602. The number of rotatable bonds is 4. The van der Waals surface area contributed by atoms with Gasteiger partial charge in [-0.2, -0.15) is 0 Å². The van der Waals surface area contributed by atoms with Crippen LogP contribution in [0.15, 0.2) is 36.4 Å². The van der Waals surface area contributed by atoms with Gasteiger partial charge in [-0.1, -0.05) is 29.8 Å². The summed E-state index contributed by atoms with van der Waals surface area (Å²) in [6.45, 7) is 1.87. The highest BCUT2D eigenvalue weighted by Gasteiger charge is 2.15. The average Bonchev–Trinajstić information content (AvgIpc) is 2.47. The van der Waals surface area contributed by atoms with Gasteiger partial charge in [-0.05, 0) is 25.1 Å². The van der Waals surface area contributed by atoms with Crippen molar-refractivity contribution >= 4 is 17.5 Å². The second-order valence-corrected chi connectivity index (χ2v) is 4.57. The van der Waals surface area contributed by atoms with Crippen LogP contribution in [0.5, 0.6) is 5.75 Å². The minimum Gasteiger partial charge on any atom is -0.496 e. The zero-order valence-electron chi connectivity index (χ0n) is 11.1. The first-order chi connectivity index (χ1) is 9.61. The van der Waals surface area contributed by atoms with Crippen molar-refractivity contribution in [3.8, 4) is 5.75 Å². The smallest absolute Gasteiger partial charge is 0.272 e. The van der Waals surface area contributed by atoms with E-state index in [4.69, 9.17) is 16.3 Å². The van der Waals surface area contributed by atoms with Gasteiger partial charge in [0.25, 0.3) is 5.91 Å². The molecular weight excluding hydrogens is 278 g/mol. The van der Waals surface area contributed by atoms with Gasteiger partial charge in [0.2, 0.25) is 0 Å². The zero-order valence-corrected chi connectivity index (χ0v) is 11.9. The van der Waals surface area contributed by atoms with E-state index in [1.165, 1.54) is 12.1 Å². The first-order valence-electron chi connectivity index (χ1n) is 6.05. The maximum absolute atomic E-state index is 12.0. The molecule has 20 heavy (non-hydrogen) atoms. The van der Waals surface area contributed by atoms with Gasteiger partial charge < -0.3 is 10.1 Å². The fourth-order valence-corrected chi connectivity index (χ4v) is 1.91. The predicted molar refractivity (Wildman–Crippen MR) is 75.9 cm³/mol. The summed E-state index contributed by atoms with van der Waals surface area (Å²) in [5.74, 6) is 0.412. The average molecular weight is 292 g/mol. The molecule has 1 aromatic carbocycles. The first kappa shape index (κ1) is 14.3. The summed E-state index contributed by atoms with van der Waals surface area (Å²) in [6.07, 6.45) is 0. The van der Waals surface area contributed by atoms with Crippen LogP contribution in [0.1, 0.15) is 29.0 Å². The molecular formula is C14H14ClN3O2. The molecule has 0 radical (unpaired) electrons. The largest absolute Gasteiger partial charge is 0.496 e. The first-order valence-corrected chi connectivity index (χ1v) is 6.42. The molecule has 2 rings (SSSR count). The molecule has 1 heterocycles. The topological polar surface area (TPSA) is 64.1 Å². The lowest BCUT2D eigenvalue weighted by atomic mass is 10.1. The molecule has 0 aliphatic heterocycles. The van der Waals surface area contributed by atoms with Crippen LogP contribution in [0.25, 0.3) is 0 Å². The van der Waals surface area contributed by atoms with Crippen LogP contribution < -0.4 is 10.1 Å². The highest BCUT2D eigenvalue weighted by molar-refractivity contribution is 6.29. The van der Waals surface area contributed by atoms with Crippen LogP contribution >= 0.6 is 11.6 Å². The van der Waals surface area contributed by atoms with Crippen molar-refractivity contribution in [2.75, 3.05) is 7.11 Å². The summed E-state index contributed by atoms with van der Waals surface area (Å²) >= 11 is 5.64. The molecule has 104 valence electrons. The molecule has 1 aromatic heterocycles. The van der Waals surface area contributed by atoms with Gasteiger partial charge in [-0.3, -0.25) is 4.79 Å². The second kappa shape index (κ2) is 6.34. The normalized spacial score (nSPS) is 11.8. The van der Waals surface area contributed by atoms with Crippen LogP contribution in [-0.2, 0) is 0 Å². The van der Waals surface area contributed by atoms with E-state index in [9.17, 15) is 4.79 Å². The molecule has 2 aromatic rings. The minimum absolute atomic E-state index is 0.212. The fraction of sp³-hybridized carbons (Fsp3) is 0.214. The molecule has 0 saturated carbocycles. The van der Waals surface area contributed by atoms with Gasteiger partial charge in [0.05, 0.1) is 13.2 Å². The molecule has 5 nitrogen and oxygen atoms in total. The third kappa shape index (κ3) is 3.24. The van der Waals surface area contributed by atoms with Crippen molar-refractivity contribution in [2.24, 2.45) is 0 Å². The number of nitrogens with one attached hydrogen (secondary N) is 1. The summed E-state index contributed by atoms with van der Waals surface area (Å²) in [7, 11) is 1.60. The van der Waals surface area contributed by atoms with Crippen LogP contribution in [0.3, 0.4) is 0 Å². The Morgan fingerprint density at radius 3 is 2.65 bits per heavy atom. The van der Waals surface area contributed by atoms with Crippen LogP contribution in [0.4, 0.5) is 0 Å². The maximum Gasteiger partial charge on any atom is 0.272 e. The number of nitrogens with zero attached hydrogens (tertiary/aromatic N) is 2. The highest BCUT2D eigenvalue weighted by Crippen LogP contribution is 2.24. The summed E-state index contributed by atoms with van der Waals surface area (Å²) in [5.41, 5.74) is 1.11. The van der Waals surface area contributed by atoms with Gasteiger partial charge >= 0.3 is 0 Å². The second-order valence-electron chi connectivity index (χ2n) is 4.18. The van der Waals surface area contributed by atoms with E-state index in [0.29, 0.717) is 0 Å². The van der Waals surface area contributed by atoms with E-state index in [1.54, 1.807) is 7.11 Å². The van der Waals surface area contributed by atoms with Crippen molar-refractivity contribution in [2.45, 2.75) is 13.0 Å². The number of hydrogen-bond donors (Lipinski definition) is 1. The zero-order chi connectivity index (χ0) is 14.5. The molecule has 0 fully saturated rings. The van der Waals surface area contributed by atoms with E-state index in [1.807, 2.05) is 31.2 Å². The lowest BCUT2D eigenvalue weighted by Gasteiger charge is -2.16. The molecule has 0 spiro atoms. The van der Waals surface area contributed by atoms with Gasteiger partial charge in [0.15, 0.2) is 10.8 Å². The van der Waals surface area contributed by atoms with Crippen LogP contribution in [0, 0.1) is 0 Å². The van der Waals surface area contributed by atoms with Crippen molar-refractivity contribution in [3.05, 3.63) is 52.8 Å². The Morgan fingerprint density at radius 2 is 2.00 bits per heavy atom. The molecule has 6 heteroatoms. The van der Waals surface area contributed by atoms with Crippen molar-refractivity contribution < 1.29 is 9.53 Å². The Balaban J connectivity index is 2.13. The van der Waals surface area contributed by atoms with Crippen molar-refractivity contribution in [1.29, 1.82) is 0 Å². The Labute approximate surface area is 121 Å². The number of para-hydroxylation sites is 1. The standard InChI is InChI=1S/C14H14ClN3O2/c1-9(10-5-3-4-6-12(10)20-2)16-14(19)11-7-8-13(15)18-17-11/h3-9H,1-2H3,(H,16,19). The lowest BCUT2D eigenvalue weighted by molar-refractivity contribution is 0.0933. The number of carbonyl (C=O) groups is 1. The summed E-state index contributed by atoms with van der Waals surface area (Å²) in [6, 6.07) is 10.4. The summed E-state index contributed by atoms with van der Waals surface area (Å²) in [4.78, 5) is 12.0.